The summed E-state index contributed by atoms with van der Waals surface area (Å²) in [4.78, 5) is 16.3. The van der Waals surface area contributed by atoms with Gasteiger partial charge in [0.25, 0.3) is 0 Å². The number of carbonyl (C=O) groups excluding carboxylic acids is 1. The van der Waals surface area contributed by atoms with Crippen molar-refractivity contribution in [3.63, 3.8) is 0 Å². The molecule has 1 heterocycles. The van der Waals surface area contributed by atoms with E-state index in [-0.39, 0.29) is 17.0 Å². The number of benzene rings is 1. The van der Waals surface area contributed by atoms with Crippen molar-refractivity contribution in [2.45, 2.75) is 51.9 Å². The smallest absolute Gasteiger partial charge is 0.238 e. The highest BCUT2D eigenvalue weighted by Crippen LogP contribution is 2.20. The molecule has 0 aliphatic heterocycles. The zero-order chi connectivity index (χ0) is 16.9. The van der Waals surface area contributed by atoms with Gasteiger partial charge in [-0.1, -0.05) is 38.1 Å². The predicted octanol–water partition coefficient (Wildman–Crippen LogP) is 3.97. The van der Waals surface area contributed by atoms with Gasteiger partial charge in [-0.2, -0.15) is 4.98 Å². The lowest BCUT2D eigenvalue weighted by atomic mass is 9.97. The SMILES string of the molecule is COc1ccc(CCCCC(=O)c2noc(C(C)(C)C)n2)cc1. The molecule has 2 rings (SSSR count). The Kier molecular flexibility index (Phi) is 5.53. The van der Waals surface area contributed by atoms with Crippen molar-refractivity contribution in [3.8, 4) is 5.75 Å². The first-order valence-electron chi connectivity index (χ1n) is 7.90. The Morgan fingerprint density at radius 3 is 2.43 bits per heavy atom. The van der Waals surface area contributed by atoms with E-state index >= 15 is 0 Å². The fraction of sp³-hybridized carbons (Fsp3) is 0.500. The minimum absolute atomic E-state index is 0.0565. The molecule has 2 aromatic rings. The number of methoxy groups -OCH3 is 1. The van der Waals surface area contributed by atoms with Crippen LogP contribution < -0.4 is 4.74 Å². The molecular formula is C18H24N2O3. The third-order valence-corrected chi connectivity index (χ3v) is 3.60. The summed E-state index contributed by atoms with van der Waals surface area (Å²) in [6.07, 6.45) is 3.14. The highest BCUT2D eigenvalue weighted by atomic mass is 16.5. The second kappa shape index (κ2) is 7.40. The van der Waals surface area contributed by atoms with Gasteiger partial charge in [0.1, 0.15) is 5.75 Å². The van der Waals surface area contributed by atoms with E-state index < -0.39 is 0 Å². The van der Waals surface area contributed by atoms with E-state index in [2.05, 4.69) is 22.3 Å². The van der Waals surface area contributed by atoms with Gasteiger partial charge in [-0.05, 0) is 37.0 Å². The lowest BCUT2D eigenvalue weighted by Gasteiger charge is -2.10. The van der Waals surface area contributed by atoms with Gasteiger partial charge >= 0.3 is 0 Å². The van der Waals surface area contributed by atoms with Crippen LogP contribution in [0.2, 0.25) is 0 Å². The summed E-state index contributed by atoms with van der Waals surface area (Å²) in [5, 5.41) is 3.79. The lowest BCUT2D eigenvalue weighted by Crippen LogP contribution is -2.12. The van der Waals surface area contributed by atoms with Crippen molar-refractivity contribution in [1.82, 2.24) is 10.1 Å². The number of rotatable bonds is 7. The third kappa shape index (κ3) is 4.91. The molecule has 0 fully saturated rings. The highest BCUT2D eigenvalue weighted by Gasteiger charge is 2.23. The molecule has 1 aromatic carbocycles. The van der Waals surface area contributed by atoms with Crippen molar-refractivity contribution in [2.75, 3.05) is 7.11 Å². The maximum atomic E-state index is 12.1. The van der Waals surface area contributed by atoms with Crippen LogP contribution >= 0.6 is 0 Å². The van der Waals surface area contributed by atoms with E-state index in [1.54, 1.807) is 7.11 Å². The van der Waals surface area contributed by atoms with Crippen LogP contribution in [0.1, 0.15) is 62.1 Å². The van der Waals surface area contributed by atoms with E-state index in [1.807, 2.05) is 32.9 Å². The van der Waals surface area contributed by atoms with Crippen LogP contribution in [0, 0.1) is 0 Å². The number of hydrogen-bond donors (Lipinski definition) is 0. The molecule has 0 saturated heterocycles. The Labute approximate surface area is 137 Å². The van der Waals surface area contributed by atoms with E-state index in [4.69, 9.17) is 9.26 Å². The monoisotopic (exact) mass is 316 g/mol. The van der Waals surface area contributed by atoms with E-state index in [0.29, 0.717) is 12.3 Å². The number of unbranched alkanes of at least 4 members (excludes halogenated alkanes) is 1. The van der Waals surface area contributed by atoms with Crippen LogP contribution in [0.5, 0.6) is 5.75 Å². The first kappa shape index (κ1) is 17.2. The number of nitrogens with zero attached hydrogens (tertiary/aromatic N) is 2. The number of carbonyl (C=O) groups is 1. The Morgan fingerprint density at radius 2 is 1.87 bits per heavy atom. The van der Waals surface area contributed by atoms with Gasteiger partial charge in [0.05, 0.1) is 7.11 Å². The molecule has 0 saturated carbocycles. The zero-order valence-electron chi connectivity index (χ0n) is 14.3. The summed E-state index contributed by atoms with van der Waals surface area (Å²) in [7, 11) is 1.66. The number of ether oxygens (including phenoxy) is 1. The number of aryl methyl sites for hydroxylation is 1. The highest BCUT2D eigenvalue weighted by molar-refractivity contribution is 5.92. The Balaban J connectivity index is 1.77. The van der Waals surface area contributed by atoms with Crippen LogP contribution in [-0.4, -0.2) is 23.0 Å². The number of aromatic nitrogens is 2. The van der Waals surface area contributed by atoms with Crippen molar-refractivity contribution in [3.05, 3.63) is 41.5 Å². The van der Waals surface area contributed by atoms with Crippen LogP contribution in [0.25, 0.3) is 0 Å². The van der Waals surface area contributed by atoms with Gasteiger partial charge in [-0.15, -0.1) is 0 Å². The second-order valence-electron chi connectivity index (χ2n) is 6.65. The van der Waals surface area contributed by atoms with E-state index in [1.165, 1.54) is 5.56 Å². The molecule has 0 atom stereocenters. The average Bonchev–Trinajstić information content (AvgIpc) is 3.02. The number of hydrogen-bond acceptors (Lipinski definition) is 5. The molecule has 0 radical (unpaired) electrons. The van der Waals surface area contributed by atoms with E-state index in [9.17, 15) is 4.79 Å². The quantitative estimate of drug-likeness (QED) is 0.571. The minimum Gasteiger partial charge on any atom is -0.497 e. The van der Waals surface area contributed by atoms with Gasteiger partial charge in [0.2, 0.25) is 17.5 Å². The predicted molar refractivity (Wildman–Crippen MR) is 87.9 cm³/mol. The topological polar surface area (TPSA) is 65.2 Å². The molecule has 5 heteroatoms. The van der Waals surface area contributed by atoms with Gasteiger partial charge in [-0.3, -0.25) is 4.79 Å². The normalized spacial score (nSPS) is 11.5. The van der Waals surface area contributed by atoms with Crippen LogP contribution in [0.3, 0.4) is 0 Å². The molecule has 0 aliphatic carbocycles. The van der Waals surface area contributed by atoms with Crippen molar-refractivity contribution >= 4 is 5.78 Å². The summed E-state index contributed by atoms with van der Waals surface area (Å²) in [6, 6.07) is 8.01. The Bertz CT molecular complexity index is 639. The Hall–Kier alpha value is -2.17. The molecule has 0 spiro atoms. The van der Waals surface area contributed by atoms with Gasteiger partial charge in [0, 0.05) is 11.8 Å². The van der Waals surface area contributed by atoms with Crippen LogP contribution in [0.15, 0.2) is 28.8 Å². The third-order valence-electron chi connectivity index (χ3n) is 3.60. The maximum Gasteiger partial charge on any atom is 0.238 e. The molecule has 0 amide bonds. The standard InChI is InChI=1S/C18H24N2O3/c1-18(2,3)17-19-16(20-23-17)15(21)8-6-5-7-13-9-11-14(22-4)12-10-13/h9-12H,5-8H2,1-4H3. The van der Waals surface area contributed by atoms with Crippen LogP contribution in [0.4, 0.5) is 0 Å². The molecule has 0 N–H and O–H groups in total. The largest absolute Gasteiger partial charge is 0.497 e. The molecule has 0 aliphatic rings. The molecular weight excluding hydrogens is 292 g/mol. The van der Waals surface area contributed by atoms with Gasteiger partial charge in [-0.25, -0.2) is 0 Å². The molecule has 124 valence electrons. The Morgan fingerprint density at radius 1 is 1.17 bits per heavy atom. The zero-order valence-corrected chi connectivity index (χ0v) is 14.3. The number of Topliss-reactive ketones (excluding diaryl/α,β-unsaturated/α-hetero) is 1. The summed E-state index contributed by atoms with van der Waals surface area (Å²) in [6.45, 7) is 5.93. The summed E-state index contributed by atoms with van der Waals surface area (Å²) >= 11 is 0. The van der Waals surface area contributed by atoms with Crippen molar-refractivity contribution in [2.24, 2.45) is 0 Å². The summed E-state index contributed by atoms with van der Waals surface area (Å²) in [5.41, 5.74) is 1.01. The molecule has 0 bridgehead atoms. The fourth-order valence-electron chi connectivity index (χ4n) is 2.16. The van der Waals surface area contributed by atoms with Gasteiger partial charge < -0.3 is 9.26 Å². The minimum atomic E-state index is -0.236. The fourth-order valence-corrected chi connectivity index (χ4v) is 2.16. The number of ketones is 1. The molecule has 1 aromatic heterocycles. The molecule has 5 nitrogen and oxygen atoms in total. The van der Waals surface area contributed by atoms with Crippen molar-refractivity contribution < 1.29 is 14.1 Å². The van der Waals surface area contributed by atoms with E-state index in [0.717, 1.165) is 25.0 Å². The van der Waals surface area contributed by atoms with Crippen molar-refractivity contribution in [1.29, 1.82) is 0 Å². The van der Waals surface area contributed by atoms with Crippen LogP contribution in [-0.2, 0) is 11.8 Å². The molecule has 23 heavy (non-hydrogen) atoms. The average molecular weight is 316 g/mol. The lowest BCUT2D eigenvalue weighted by molar-refractivity contribution is 0.0966. The summed E-state index contributed by atoms with van der Waals surface area (Å²) < 4.78 is 10.3. The summed E-state index contributed by atoms with van der Waals surface area (Å²) in [5.74, 6) is 1.49. The maximum absolute atomic E-state index is 12.1. The molecule has 0 unspecified atom stereocenters. The van der Waals surface area contributed by atoms with Gasteiger partial charge in [0.15, 0.2) is 0 Å². The first-order chi connectivity index (χ1) is 10.9. The second-order valence-corrected chi connectivity index (χ2v) is 6.65. The first-order valence-corrected chi connectivity index (χ1v) is 7.90.